The van der Waals surface area contributed by atoms with Crippen LogP contribution in [0.1, 0.15) is 220 Å². The average Bonchev–Trinajstić information content (AvgIpc) is 1.65. The molecule has 2 saturated heterocycles. The Morgan fingerprint density at radius 1 is 0.538 bits per heavy atom. The number of allylic oxidation sites excluding steroid dienone is 2. The summed E-state index contributed by atoms with van der Waals surface area (Å²) in [5.41, 5.74) is 10.3. The fraction of sp³-hybridized carbons (Fsp3) is 0.632. The Balaban J connectivity index is 0.000000404. The number of nitrogens with two attached hydrogens (primary N) is 1. The van der Waals surface area contributed by atoms with Gasteiger partial charge in [-0.3, -0.25) is 29.1 Å². The van der Waals surface area contributed by atoms with E-state index in [4.69, 9.17) is 5.73 Å². The molecule has 0 bridgehead atoms. The van der Waals surface area contributed by atoms with Gasteiger partial charge in [0.2, 0.25) is 0 Å². The molecular weight excluding hydrogens is 1320 g/mol. The molecule has 0 saturated carbocycles. The zero-order valence-electron chi connectivity index (χ0n) is 67.5. The summed E-state index contributed by atoms with van der Waals surface area (Å²) in [5, 5.41) is 13.6. The van der Waals surface area contributed by atoms with E-state index >= 15 is 0 Å². The van der Waals surface area contributed by atoms with E-state index in [1.165, 1.54) is 6.34 Å². The highest BCUT2D eigenvalue weighted by atomic mass is 16.2. The van der Waals surface area contributed by atoms with Crippen LogP contribution in [0.5, 0.6) is 0 Å². The molecule has 10 rings (SSSR count). The van der Waals surface area contributed by atoms with E-state index in [0.717, 1.165) is 60.8 Å². The van der Waals surface area contributed by atoms with Crippen LogP contribution < -0.4 is 38.0 Å². The van der Waals surface area contributed by atoms with Crippen LogP contribution in [0.15, 0.2) is 120 Å². The summed E-state index contributed by atoms with van der Waals surface area (Å²) in [6, 6.07) is 0.984. The second kappa shape index (κ2) is 35.5. The number of carbonyl (C=O) groups excluding carboxylic acids is 6. The predicted octanol–water partition coefficient (Wildman–Crippen LogP) is 12.3. The normalized spacial score (nSPS) is 21.7. The first-order valence-corrected chi connectivity index (χ1v) is 34.9. The maximum atomic E-state index is 11.6. The summed E-state index contributed by atoms with van der Waals surface area (Å²) in [6.45, 7) is 75.5. The van der Waals surface area contributed by atoms with Crippen molar-refractivity contribution in [1.29, 1.82) is 0 Å². The molecule has 0 spiro atoms. The van der Waals surface area contributed by atoms with E-state index in [0.29, 0.717) is 29.0 Å². The van der Waals surface area contributed by atoms with E-state index in [9.17, 15) is 33.6 Å². The van der Waals surface area contributed by atoms with Gasteiger partial charge >= 0.3 is 35.8 Å². The number of hydrogen-bond donors (Lipinski definition) is 6. The Bertz CT molecular complexity index is 3630. The molecule has 0 aromatic carbocycles. The predicted molar refractivity (Wildman–Crippen MR) is 425 cm³/mol. The first-order valence-electron chi connectivity index (χ1n) is 34.9. The number of amides is 11. The van der Waals surface area contributed by atoms with Crippen LogP contribution in [-0.4, -0.2) is 199 Å². The third kappa shape index (κ3) is 26.8. The minimum Gasteiger partial charge on any atom is -0.385 e. The van der Waals surface area contributed by atoms with Gasteiger partial charge in [0.05, 0.1) is 12.7 Å². The van der Waals surface area contributed by atoms with Crippen molar-refractivity contribution in [3.63, 3.8) is 0 Å². The Morgan fingerprint density at radius 2 is 1.04 bits per heavy atom. The maximum absolute atomic E-state index is 11.6. The SMILES string of the molecule is C.C=C1C=CN(C(C)(C)C)C(=O)N1.C=C1CCN(C(C)(C)C)C(=O)N1.C=C1NC(=O)N(C(C)(C)C)C=C1C.C=C1NC(=O)N(C(C)(C)C)CC1C.CC(C)(C)N1C=NC2C(N)=NC=NC21.CC1=NC(=O)N(C(C)(C)C)CC1.CC1=NC2C(N=CN2C(C)(C)C)C(=O)N1.Cc1ccn(C(C)(C)C)c(=O)n1. The van der Waals surface area contributed by atoms with Crippen molar-refractivity contribution in [2.45, 2.75) is 290 Å². The van der Waals surface area contributed by atoms with Crippen molar-refractivity contribution in [2.24, 2.45) is 41.6 Å². The molecule has 9 aliphatic heterocycles. The molecule has 11 amide bonds. The molecule has 0 aliphatic carbocycles. The smallest absolute Gasteiger partial charge is 0.348 e. The highest BCUT2D eigenvalue weighted by Crippen LogP contribution is 2.29. The molecule has 9 aliphatic rings. The number of aromatic nitrogens is 2. The zero-order valence-corrected chi connectivity index (χ0v) is 67.5. The lowest BCUT2D eigenvalue weighted by atomic mass is 10.00. The molecule has 5 unspecified atom stereocenters. The molecule has 5 atom stereocenters. The van der Waals surface area contributed by atoms with Gasteiger partial charge in [-0.25, -0.2) is 48.7 Å². The highest BCUT2D eigenvalue weighted by molar-refractivity contribution is 6.03. The van der Waals surface area contributed by atoms with Crippen LogP contribution in [0.4, 0.5) is 24.0 Å². The lowest BCUT2D eigenvalue weighted by Gasteiger charge is -2.41. The van der Waals surface area contributed by atoms with Crippen molar-refractivity contribution in [3.05, 3.63) is 102 Å². The molecule has 1 aromatic rings. The molecule has 28 nitrogen and oxygen atoms in total. The molecule has 2 fully saturated rings. The van der Waals surface area contributed by atoms with Crippen LogP contribution in [0.3, 0.4) is 0 Å². The van der Waals surface area contributed by atoms with Crippen LogP contribution in [0, 0.1) is 12.8 Å². The number of aliphatic imine (C=N–C) groups is 6. The number of amidine groups is 2. The minimum atomic E-state index is -0.382. The van der Waals surface area contributed by atoms with Crippen LogP contribution in [-0.2, 0) is 10.3 Å². The van der Waals surface area contributed by atoms with Crippen molar-refractivity contribution < 1.29 is 28.8 Å². The number of urea groups is 5. The zero-order chi connectivity index (χ0) is 79.4. The Labute approximate surface area is 621 Å². The fourth-order valence-electron chi connectivity index (χ4n) is 10.5. The maximum Gasteiger partial charge on any atom is 0.348 e. The average molecular weight is 1450 g/mol. The molecule has 104 heavy (non-hydrogen) atoms. The van der Waals surface area contributed by atoms with E-state index in [1.807, 2.05) is 179 Å². The largest absolute Gasteiger partial charge is 0.385 e. The Hall–Kier alpha value is -9.24. The summed E-state index contributed by atoms with van der Waals surface area (Å²) < 4.78 is 1.62. The quantitative estimate of drug-likeness (QED) is 0.142. The van der Waals surface area contributed by atoms with E-state index in [1.54, 1.807) is 51.0 Å². The van der Waals surface area contributed by atoms with Crippen LogP contribution in [0.2, 0.25) is 0 Å². The number of nitrogens with zero attached hydrogens (tertiary/aromatic N) is 15. The van der Waals surface area contributed by atoms with Crippen molar-refractivity contribution in [1.82, 2.24) is 70.4 Å². The number of fused-ring (bicyclic) bond motifs is 2. The standard InChI is InChI=1S/C10H16N4O.C10H18N2O.C10H16N2O.C9H15N5.2C9H16N2O.2C9H14N2O.CH4/c1-6-12-8-7(9(15)13-6)11-5-14(8)10(2,3)4;2*1-7-6-12(10(3,4)5)9(13)11-8(7)2;1-9(2,3)14-5-13-6-7(10)11-4-12-8(6)14;4*1-7-5-6-11(8(12)10-7)9(2,3)4;/h5,7-8H,1-4H3,(H,12,13,15);7H,2,6H2,1,3-5H3,(H,11,13);6H,2H2,1,3-5H3,(H,11,13);4-6,8H,1-3H3,(H2,10,11,12);5-6H2,1-4H3;1,5-6H2,2-4H3,(H,10,12);5-6H,1-4H3;5-6H,1H2,2-4H3,(H,10,12);1H4. The number of nitrogens with one attached hydrogen (secondary N) is 5. The Kier molecular flexibility index (Phi) is 31.0. The number of carbonyl (C=O) groups is 6. The fourth-order valence-corrected chi connectivity index (χ4v) is 10.5. The van der Waals surface area contributed by atoms with Gasteiger partial charge in [0.15, 0.2) is 18.4 Å². The van der Waals surface area contributed by atoms with Crippen molar-refractivity contribution >= 4 is 72.5 Å². The summed E-state index contributed by atoms with van der Waals surface area (Å²) in [5.74, 6) is 1.49. The number of rotatable bonds is 0. The Morgan fingerprint density at radius 3 is 1.51 bits per heavy atom. The van der Waals surface area contributed by atoms with Gasteiger partial charge in [-0.15, -0.1) is 0 Å². The highest BCUT2D eigenvalue weighted by Gasteiger charge is 2.43. The lowest BCUT2D eigenvalue weighted by Crippen LogP contribution is -2.56. The van der Waals surface area contributed by atoms with Crippen molar-refractivity contribution in [2.75, 3.05) is 19.6 Å². The molecule has 7 N–H and O–H groups in total. The number of aryl methyl sites for hydroxylation is 1. The van der Waals surface area contributed by atoms with Crippen LogP contribution in [0.25, 0.3) is 0 Å². The molecule has 580 valence electrons. The third-order valence-electron chi connectivity index (χ3n) is 16.7. The lowest BCUT2D eigenvalue weighted by molar-refractivity contribution is -0.122. The summed E-state index contributed by atoms with van der Waals surface area (Å²) in [6.07, 6.45) is 13.8. The second-order valence-electron chi connectivity index (χ2n) is 34.3. The molecule has 10 heterocycles. The van der Waals surface area contributed by atoms with E-state index in [-0.39, 0.29) is 118 Å². The first kappa shape index (κ1) is 90.8. The molecule has 1 aromatic heterocycles. The summed E-state index contributed by atoms with van der Waals surface area (Å²) in [4.78, 5) is 122. The monoisotopic (exact) mass is 1450 g/mol. The molecule has 0 radical (unpaired) electrons. The van der Waals surface area contributed by atoms with Gasteiger partial charge in [-0.1, -0.05) is 40.7 Å². The van der Waals surface area contributed by atoms with Gasteiger partial charge in [0.25, 0.3) is 5.91 Å². The molecule has 28 heteroatoms. The second-order valence-corrected chi connectivity index (χ2v) is 34.3. The minimum absolute atomic E-state index is 0. The first-order chi connectivity index (χ1) is 46.7. The van der Waals surface area contributed by atoms with Gasteiger partial charge in [0, 0.05) is 135 Å². The summed E-state index contributed by atoms with van der Waals surface area (Å²) >= 11 is 0. The van der Waals surface area contributed by atoms with Gasteiger partial charge in [0.1, 0.15) is 24.1 Å². The van der Waals surface area contributed by atoms with Gasteiger partial charge < -0.3 is 56.8 Å². The van der Waals surface area contributed by atoms with E-state index in [2.05, 4.69) is 141 Å². The third-order valence-corrected chi connectivity index (χ3v) is 16.7. The van der Waals surface area contributed by atoms with Gasteiger partial charge in [-0.05, 0) is 212 Å². The number of hydrogen-bond acceptors (Lipinski definition) is 16. The summed E-state index contributed by atoms with van der Waals surface area (Å²) in [7, 11) is 0. The van der Waals surface area contributed by atoms with Crippen LogP contribution >= 0.6 is 0 Å². The van der Waals surface area contributed by atoms with E-state index < -0.39 is 0 Å². The van der Waals surface area contributed by atoms with Crippen molar-refractivity contribution in [3.8, 4) is 0 Å². The topological polar surface area (TPSA) is 320 Å². The van der Waals surface area contributed by atoms with Gasteiger partial charge in [-0.2, -0.15) is 4.98 Å². The molecular formula is C76H129N21O7.